The summed E-state index contributed by atoms with van der Waals surface area (Å²) in [5, 5.41) is 2.72. The summed E-state index contributed by atoms with van der Waals surface area (Å²) in [7, 11) is 1.76. The zero-order valence-corrected chi connectivity index (χ0v) is 18.8. The quantitative estimate of drug-likeness (QED) is 0.684. The molecule has 1 aromatic heterocycles. The third-order valence-corrected chi connectivity index (χ3v) is 5.65. The number of rotatable bonds is 4. The van der Waals surface area contributed by atoms with E-state index in [0.717, 1.165) is 5.56 Å². The molecule has 8 heteroatoms. The van der Waals surface area contributed by atoms with E-state index in [4.69, 9.17) is 4.74 Å². The Morgan fingerprint density at radius 2 is 1.75 bits per heavy atom. The lowest BCUT2D eigenvalue weighted by Crippen LogP contribution is -2.54. The molecule has 2 amide bonds. The fraction of sp³-hybridized carbons (Fsp3) is 0.292. The molecule has 32 heavy (non-hydrogen) atoms. The highest BCUT2D eigenvalue weighted by Crippen LogP contribution is 2.38. The molecule has 0 atom stereocenters. The average molecular weight is 434 g/mol. The van der Waals surface area contributed by atoms with E-state index in [0.29, 0.717) is 22.8 Å². The van der Waals surface area contributed by atoms with Gasteiger partial charge < -0.3 is 10.1 Å². The van der Waals surface area contributed by atoms with Gasteiger partial charge in [0.05, 0.1) is 17.1 Å². The number of anilines is 2. The second-order valence-corrected chi connectivity index (χ2v) is 8.46. The van der Waals surface area contributed by atoms with Crippen LogP contribution >= 0.6 is 0 Å². The number of fused-ring (bicyclic) bond motifs is 1. The van der Waals surface area contributed by atoms with Crippen molar-refractivity contribution in [3.63, 3.8) is 0 Å². The molecule has 0 fully saturated rings. The van der Waals surface area contributed by atoms with Crippen LogP contribution in [0.5, 0.6) is 5.75 Å². The SMILES string of the molecule is Cc1ccc2c(c1)N(CC(=O)Nc1c(C)n(C)n(-c3ccccc3)c1=O)C(=O)C(C)(C)O2. The Labute approximate surface area is 186 Å². The van der Waals surface area contributed by atoms with Crippen molar-refractivity contribution in [2.75, 3.05) is 16.8 Å². The molecular weight excluding hydrogens is 408 g/mol. The number of aromatic nitrogens is 2. The van der Waals surface area contributed by atoms with Crippen LogP contribution in [0.1, 0.15) is 25.1 Å². The highest BCUT2D eigenvalue weighted by Gasteiger charge is 2.41. The molecule has 2 heterocycles. The smallest absolute Gasteiger partial charge is 0.295 e. The minimum atomic E-state index is -1.11. The Kier molecular flexibility index (Phi) is 5.16. The third-order valence-electron chi connectivity index (χ3n) is 5.65. The van der Waals surface area contributed by atoms with Crippen molar-refractivity contribution in [3.8, 4) is 11.4 Å². The lowest BCUT2D eigenvalue weighted by atomic mass is 10.0. The molecule has 0 aliphatic carbocycles. The number of nitrogens with zero attached hydrogens (tertiary/aromatic N) is 3. The zero-order chi connectivity index (χ0) is 23.2. The number of carbonyl (C=O) groups is 2. The van der Waals surface area contributed by atoms with Crippen molar-refractivity contribution >= 4 is 23.2 Å². The van der Waals surface area contributed by atoms with Gasteiger partial charge in [-0.2, -0.15) is 0 Å². The van der Waals surface area contributed by atoms with E-state index in [-0.39, 0.29) is 23.7 Å². The number of benzene rings is 2. The molecule has 166 valence electrons. The molecule has 4 rings (SSSR count). The Bertz CT molecular complexity index is 1270. The molecule has 0 spiro atoms. The van der Waals surface area contributed by atoms with E-state index < -0.39 is 11.5 Å². The molecular formula is C24H26N4O4. The van der Waals surface area contributed by atoms with E-state index >= 15 is 0 Å². The van der Waals surface area contributed by atoms with Crippen LogP contribution < -0.4 is 20.5 Å². The molecule has 1 aliphatic rings. The Balaban J connectivity index is 1.65. The predicted molar refractivity (Wildman–Crippen MR) is 123 cm³/mol. The molecule has 1 aliphatic heterocycles. The van der Waals surface area contributed by atoms with Gasteiger partial charge in [0.1, 0.15) is 18.0 Å². The maximum absolute atomic E-state index is 13.1. The fourth-order valence-electron chi connectivity index (χ4n) is 3.87. The highest BCUT2D eigenvalue weighted by molar-refractivity contribution is 6.07. The minimum Gasteiger partial charge on any atom is -0.476 e. The summed E-state index contributed by atoms with van der Waals surface area (Å²) in [5.41, 5.74) is 1.52. The van der Waals surface area contributed by atoms with Gasteiger partial charge in [0.2, 0.25) is 5.91 Å². The van der Waals surface area contributed by atoms with Gasteiger partial charge in [-0.3, -0.25) is 24.0 Å². The summed E-state index contributed by atoms with van der Waals surface area (Å²) >= 11 is 0. The Morgan fingerprint density at radius 1 is 1.06 bits per heavy atom. The predicted octanol–water partition coefficient (Wildman–Crippen LogP) is 2.94. The Hall–Kier alpha value is -3.81. The summed E-state index contributed by atoms with van der Waals surface area (Å²) < 4.78 is 9.03. The van der Waals surface area contributed by atoms with Crippen molar-refractivity contribution in [3.05, 3.63) is 70.1 Å². The van der Waals surface area contributed by atoms with Crippen molar-refractivity contribution in [2.24, 2.45) is 7.05 Å². The molecule has 0 saturated carbocycles. The number of para-hydroxylation sites is 1. The van der Waals surface area contributed by atoms with Gasteiger partial charge >= 0.3 is 0 Å². The molecule has 0 bridgehead atoms. The van der Waals surface area contributed by atoms with Gasteiger partial charge in [0, 0.05) is 7.05 Å². The van der Waals surface area contributed by atoms with Crippen LogP contribution in [0, 0.1) is 13.8 Å². The van der Waals surface area contributed by atoms with E-state index in [9.17, 15) is 14.4 Å². The van der Waals surface area contributed by atoms with Crippen LogP contribution in [0.15, 0.2) is 53.3 Å². The molecule has 1 N–H and O–H groups in total. The summed E-state index contributed by atoms with van der Waals surface area (Å²) in [6.45, 7) is 6.77. The summed E-state index contributed by atoms with van der Waals surface area (Å²) in [6.07, 6.45) is 0. The zero-order valence-electron chi connectivity index (χ0n) is 18.8. The number of aryl methyl sites for hydroxylation is 1. The van der Waals surface area contributed by atoms with Crippen molar-refractivity contribution in [2.45, 2.75) is 33.3 Å². The molecule has 2 aromatic carbocycles. The maximum Gasteiger partial charge on any atom is 0.295 e. The number of hydrogen-bond donors (Lipinski definition) is 1. The first-order valence-corrected chi connectivity index (χ1v) is 10.4. The largest absolute Gasteiger partial charge is 0.476 e. The number of nitrogens with one attached hydrogen (secondary N) is 1. The molecule has 0 saturated heterocycles. The molecule has 3 aromatic rings. The van der Waals surface area contributed by atoms with Crippen molar-refractivity contribution in [1.82, 2.24) is 9.36 Å². The van der Waals surface area contributed by atoms with Crippen LogP contribution in [-0.2, 0) is 16.6 Å². The van der Waals surface area contributed by atoms with Gasteiger partial charge in [0.15, 0.2) is 5.60 Å². The first-order chi connectivity index (χ1) is 15.1. The molecule has 0 unspecified atom stereocenters. The summed E-state index contributed by atoms with van der Waals surface area (Å²) in [5.74, 6) is -0.248. The van der Waals surface area contributed by atoms with Crippen LogP contribution in [0.25, 0.3) is 5.69 Å². The Morgan fingerprint density at radius 3 is 2.44 bits per heavy atom. The second-order valence-electron chi connectivity index (χ2n) is 8.46. The summed E-state index contributed by atoms with van der Waals surface area (Å²) in [4.78, 5) is 40.5. The van der Waals surface area contributed by atoms with Crippen molar-refractivity contribution < 1.29 is 14.3 Å². The van der Waals surface area contributed by atoms with Crippen LogP contribution in [0.3, 0.4) is 0 Å². The number of amides is 2. The van der Waals surface area contributed by atoms with E-state index in [1.54, 1.807) is 38.6 Å². The topological polar surface area (TPSA) is 85.6 Å². The first-order valence-electron chi connectivity index (χ1n) is 10.4. The number of carbonyl (C=O) groups excluding carboxylic acids is 2. The molecule has 0 radical (unpaired) electrons. The third kappa shape index (κ3) is 3.57. The lowest BCUT2D eigenvalue weighted by molar-refractivity contribution is -0.133. The number of hydrogen-bond acceptors (Lipinski definition) is 4. The van der Waals surface area contributed by atoms with E-state index in [1.165, 1.54) is 9.58 Å². The van der Waals surface area contributed by atoms with Gasteiger partial charge in [-0.1, -0.05) is 24.3 Å². The second kappa shape index (κ2) is 7.71. The van der Waals surface area contributed by atoms with Crippen LogP contribution in [0.2, 0.25) is 0 Å². The van der Waals surface area contributed by atoms with Gasteiger partial charge in [0.25, 0.3) is 11.5 Å². The van der Waals surface area contributed by atoms with Crippen molar-refractivity contribution in [1.29, 1.82) is 0 Å². The standard InChI is InChI=1S/C24H26N4O4/c1-15-11-12-19-18(13-15)27(23(31)24(3,4)32-19)14-20(29)25-21-16(2)26(5)28(22(21)30)17-9-7-6-8-10-17/h6-13H,14H2,1-5H3,(H,25,29). The van der Waals surface area contributed by atoms with Crippen LogP contribution in [-0.4, -0.2) is 33.3 Å². The number of ether oxygens (including phenoxy) is 1. The van der Waals surface area contributed by atoms with E-state index in [1.807, 2.05) is 49.4 Å². The monoisotopic (exact) mass is 434 g/mol. The van der Waals surface area contributed by atoms with Gasteiger partial charge in [-0.25, -0.2) is 4.68 Å². The summed E-state index contributed by atoms with van der Waals surface area (Å²) in [6, 6.07) is 14.7. The lowest BCUT2D eigenvalue weighted by Gasteiger charge is -2.38. The highest BCUT2D eigenvalue weighted by atomic mass is 16.5. The fourth-order valence-corrected chi connectivity index (χ4v) is 3.87. The van der Waals surface area contributed by atoms with Gasteiger partial charge in [-0.15, -0.1) is 0 Å². The van der Waals surface area contributed by atoms with E-state index in [2.05, 4.69) is 5.32 Å². The van der Waals surface area contributed by atoms with Gasteiger partial charge in [-0.05, 0) is 57.5 Å². The minimum absolute atomic E-state index is 0.186. The van der Waals surface area contributed by atoms with Crippen LogP contribution in [0.4, 0.5) is 11.4 Å². The first kappa shape index (κ1) is 21.4. The average Bonchev–Trinajstić information content (AvgIpc) is 2.95. The molecule has 8 nitrogen and oxygen atoms in total. The maximum atomic E-state index is 13.1. The normalized spacial score (nSPS) is 14.7.